The molecular formula is C49H31N3O. The number of fused-ring (bicyclic) bond motifs is 5. The Morgan fingerprint density at radius 1 is 0.358 bits per heavy atom. The third-order valence-electron chi connectivity index (χ3n) is 7.88. The van der Waals surface area contributed by atoms with Crippen LogP contribution in [0.3, 0.4) is 0 Å². The lowest BCUT2D eigenvalue weighted by Gasteiger charge is -2.12. The SMILES string of the molecule is [2H]c1c([2H])c([2H])c(-c2cc(-c3nc(-c4c([2H])c([2H])c(-c5c([2H])c([2H])c([2H])c([2H])c5[2H])c([2H])c4[2H])nc(-c4c([2H])c([2H])c(-c5c([2H])c([2H])c([2H])c([2H])c5[2H])c([2H])c4[2H])n3)c3c(c2)oc2c4c([2H])c([2H])c([2H])c([2H])c4c([2H])c([2H])c23)c([2H])c1[2H]. The third kappa shape index (κ3) is 5.63. The van der Waals surface area contributed by atoms with E-state index < -0.39 is 254 Å². The topological polar surface area (TPSA) is 51.8 Å². The Morgan fingerprint density at radius 2 is 0.811 bits per heavy atom. The lowest BCUT2D eigenvalue weighted by Crippen LogP contribution is -2.01. The molecule has 10 aromatic rings. The summed E-state index contributed by atoms with van der Waals surface area (Å²) in [7, 11) is 0. The quantitative estimate of drug-likeness (QED) is 0.173. The molecule has 0 radical (unpaired) electrons. The van der Waals surface area contributed by atoms with E-state index in [0.717, 1.165) is 12.1 Å². The predicted molar refractivity (Wildman–Crippen MR) is 217 cm³/mol. The number of hydrogen-bond donors (Lipinski definition) is 0. The van der Waals surface area contributed by atoms with Crippen LogP contribution in [-0.4, -0.2) is 15.0 Å². The van der Waals surface area contributed by atoms with Crippen LogP contribution in [0.15, 0.2) is 192 Å². The molecule has 0 aliphatic rings. The van der Waals surface area contributed by atoms with Crippen LogP contribution in [0, 0.1) is 0 Å². The standard InChI is InChI=1S/C49H31N3O/c1-4-12-32(13-5-1)35-20-24-38(25-21-35)47-50-48(39-26-22-36(23-27-39)33-14-6-2-7-15-33)52-49(51-47)43-30-40(34-16-8-3-9-17-34)31-44-45(43)42-29-28-37-18-10-11-19-41(37)46(42)53-44/h1-31H/i1D,2D,3D,4D,5D,6D,7D,8D,9D,10D,11D,12D,13D,14D,15D,16D,17D,18D,19D,20D,21D,22D,23D,24D,25D,26D,27D,28D,29D. The maximum absolute atomic E-state index is 9.38. The van der Waals surface area contributed by atoms with Crippen molar-refractivity contribution in [2.75, 3.05) is 0 Å². The largest absolute Gasteiger partial charge is 0.455 e. The molecule has 0 aliphatic heterocycles. The average Bonchev–Trinajstić information content (AvgIpc) is 1.74. The number of hydrogen-bond acceptors (Lipinski definition) is 4. The second-order valence-electron chi connectivity index (χ2n) is 11.0. The molecule has 10 rings (SSSR count). The molecule has 4 heteroatoms. The molecular weight excluding hydrogens is 647 g/mol. The second kappa shape index (κ2) is 12.9. The zero-order valence-electron chi connectivity index (χ0n) is 55.4. The molecule has 0 N–H and O–H groups in total. The second-order valence-corrected chi connectivity index (χ2v) is 11.0. The average molecular weight is 707 g/mol. The zero-order chi connectivity index (χ0) is 60.4. The molecule has 0 atom stereocenters. The summed E-state index contributed by atoms with van der Waals surface area (Å²) in [5, 5.41) is -1.53. The van der Waals surface area contributed by atoms with Gasteiger partial charge in [-0.2, -0.15) is 0 Å². The van der Waals surface area contributed by atoms with Crippen molar-refractivity contribution in [3.63, 3.8) is 0 Å². The van der Waals surface area contributed by atoms with Gasteiger partial charge in [-0.3, -0.25) is 0 Å². The monoisotopic (exact) mass is 706 g/mol. The van der Waals surface area contributed by atoms with Crippen molar-refractivity contribution < 1.29 is 44.2 Å². The highest BCUT2D eigenvalue weighted by molar-refractivity contribution is 6.19. The minimum atomic E-state index is -1.04. The van der Waals surface area contributed by atoms with Gasteiger partial charge in [0, 0.05) is 32.8 Å². The molecule has 0 spiro atoms. The van der Waals surface area contributed by atoms with Crippen molar-refractivity contribution in [1.82, 2.24) is 15.0 Å². The summed E-state index contributed by atoms with van der Waals surface area (Å²) in [5.41, 5.74) is -6.73. The fraction of sp³-hybridized carbons (Fsp3) is 0. The summed E-state index contributed by atoms with van der Waals surface area (Å²) < 4.78 is 260. The highest BCUT2D eigenvalue weighted by Crippen LogP contribution is 2.42. The molecule has 0 aliphatic carbocycles. The summed E-state index contributed by atoms with van der Waals surface area (Å²) in [4.78, 5) is 13.5. The summed E-state index contributed by atoms with van der Waals surface area (Å²) in [6.07, 6.45) is 0. The third-order valence-corrected chi connectivity index (χ3v) is 7.88. The smallest absolute Gasteiger partial charge is 0.164 e. The number of rotatable bonds is 6. The lowest BCUT2D eigenvalue weighted by atomic mass is 9.97. The van der Waals surface area contributed by atoms with Gasteiger partial charge in [0.25, 0.3) is 0 Å². The Labute approximate surface area is 347 Å². The first-order valence-corrected chi connectivity index (χ1v) is 15.4. The molecule has 0 saturated carbocycles. The van der Waals surface area contributed by atoms with E-state index in [-0.39, 0.29) is 21.9 Å². The number of furan rings is 1. The van der Waals surface area contributed by atoms with Crippen LogP contribution in [0.25, 0.3) is 100 Å². The Balaban J connectivity index is 1.41. The minimum absolute atomic E-state index is 0.287. The van der Waals surface area contributed by atoms with Crippen molar-refractivity contribution >= 4 is 32.7 Å². The molecule has 2 heterocycles. The first-order valence-electron chi connectivity index (χ1n) is 29.9. The van der Waals surface area contributed by atoms with Gasteiger partial charge in [0.15, 0.2) is 17.5 Å². The summed E-state index contributed by atoms with van der Waals surface area (Å²) >= 11 is 0. The Hall–Kier alpha value is -7.17. The van der Waals surface area contributed by atoms with E-state index in [0.29, 0.717) is 0 Å². The first-order chi connectivity index (χ1) is 38.3. The molecule has 8 aromatic carbocycles. The summed E-state index contributed by atoms with van der Waals surface area (Å²) in [5.74, 6) is -2.53. The fourth-order valence-corrected chi connectivity index (χ4v) is 5.51. The van der Waals surface area contributed by atoms with Gasteiger partial charge in [0.1, 0.15) is 11.2 Å². The van der Waals surface area contributed by atoms with Gasteiger partial charge in [0.2, 0.25) is 0 Å². The summed E-state index contributed by atoms with van der Waals surface area (Å²) in [6.45, 7) is 0. The van der Waals surface area contributed by atoms with Crippen LogP contribution in [0.1, 0.15) is 39.8 Å². The van der Waals surface area contributed by atoms with Crippen molar-refractivity contribution in [2.45, 2.75) is 0 Å². The van der Waals surface area contributed by atoms with Gasteiger partial charge < -0.3 is 4.42 Å². The number of nitrogens with zero attached hydrogens (tertiary/aromatic N) is 3. The van der Waals surface area contributed by atoms with E-state index in [1.165, 1.54) is 0 Å². The van der Waals surface area contributed by atoms with Gasteiger partial charge in [-0.1, -0.05) is 169 Å². The van der Waals surface area contributed by atoms with Crippen LogP contribution in [0.4, 0.5) is 0 Å². The molecule has 0 bridgehead atoms. The van der Waals surface area contributed by atoms with Gasteiger partial charge >= 0.3 is 0 Å². The predicted octanol–water partition coefficient (Wildman–Crippen LogP) is 12.9. The summed E-state index contributed by atoms with van der Waals surface area (Å²) in [6, 6.07) is -23.2. The van der Waals surface area contributed by atoms with Crippen LogP contribution in [0.5, 0.6) is 0 Å². The lowest BCUT2D eigenvalue weighted by molar-refractivity contribution is 0.673. The molecule has 0 saturated heterocycles. The highest BCUT2D eigenvalue weighted by Gasteiger charge is 2.21. The Bertz CT molecular complexity index is 4330. The molecule has 0 unspecified atom stereocenters. The molecule has 0 amide bonds. The minimum Gasteiger partial charge on any atom is -0.455 e. The van der Waals surface area contributed by atoms with E-state index in [4.69, 9.17) is 31.8 Å². The van der Waals surface area contributed by atoms with Gasteiger partial charge in [-0.15, -0.1) is 0 Å². The number of aromatic nitrogens is 3. The molecule has 2 aromatic heterocycles. The normalized spacial score (nSPS) is 19.1. The maximum Gasteiger partial charge on any atom is 0.164 e. The first kappa shape index (κ1) is 13.1. The Kier molecular flexibility index (Phi) is 3.18. The molecule has 0 fully saturated rings. The van der Waals surface area contributed by atoms with Gasteiger partial charge in [-0.25, -0.2) is 15.0 Å². The molecule has 248 valence electrons. The van der Waals surface area contributed by atoms with E-state index in [1.807, 2.05) is 0 Å². The van der Waals surface area contributed by atoms with Gasteiger partial charge in [0.05, 0.1) is 39.8 Å². The van der Waals surface area contributed by atoms with Crippen LogP contribution < -0.4 is 0 Å². The molecule has 53 heavy (non-hydrogen) atoms. The van der Waals surface area contributed by atoms with E-state index in [9.17, 15) is 12.3 Å². The van der Waals surface area contributed by atoms with Crippen molar-refractivity contribution in [3.05, 3.63) is 187 Å². The van der Waals surface area contributed by atoms with Crippen LogP contribution in [-0.2, 0) is 0 Å². The van der Waals surface area contributed by atoms with E-state index in [2.05, 4.69) is 15.0 Å². The zero-order valence-corrected chi connectivity index (χ0v) is 26.4. The highest BCUT2D eigenvalue weighted by atomic mass is 16.3. The van der Waals surface area contributed by atoms with Crippen molar-refractivity contribution in [2.24, 2.45) is 0 Å². The van der Waals surface area contributed by atoms with Crippen LogP contribution >= 0.6 is 0 Å². The van der Waals surface area contributed by atoms with E-state index in [1.54, 1.807) is 0 Å². The fourth-order valence-electron chi connectivity index (χ4n) is 5.51. The Morgan fingerprint density at radius 3 is 1.38 bits per heavy atom. The van der Waals surface area contributed by atoms with Crippen molar-refractivity contribution in [1.29, 1.82) is 0 Å². The van der Waals surface area contributed by atoms with E-state index >= 15 is 0 Å². The number of benzene rings is 8. The van der Waals surface area contributed by atoms with Crippen LogP contribution in [0.2, 0.25) is 0 Å². The molecule has 4 nitrogen and oxygen atoms in total. The maximum atomic E-state index is 9.38. The van der Waals surface area contributed by atoms with Gasteiger partial charge in [-0.05, 0) is 56.9 Å². The van der Waals surface area contributed by atoms with Crippen molar-refractivity contribution in [3.8, 4) is 67.5 Å².